The van der Waals surface area contributed by atoms with Gasteiger partial charge in [0.15, 0.2) is 0 Å². The van der Waals surface area contributed by atoms with E-state index in [-0.39, 0.29) is 0 Å². The zero-order chi connectivity index (χ0) is 10.1. The van der Waals surface area contributed by atoms with Gasteiger partial charge in [0.1, 0.15) is 16.5 Å². The Hall–Kier alpha value is -1.79. The van der Waals surface area contributed by atoms with E-state index in [2.05, 4.69) is 15.9 Å². The smallest absolute Gasteiger partial charge is 0.150 e. The normalized spacial score (nSPS) is 10.0. The second kappa shape index (κ2) is 3.17. The van der Waals surface area contributed by atoms with Crippen molar-refractivity contribution in [1.29, 1.82) is 0 Å². The van der Waals surface area contributed by atoms with Crippen LogP contribution in [0.25, 0.3) is 10.9 Å². The lowest BCUT2D eigenvalue weighted by molar-refractivity contribution is 1.31. The van der Waals surface area contributed by atoms with Crippen LogP contribution in [0.3, 0.4) is 0 Å². The van der Waals surface area contributed by atoms with Gasteiger partial charge in [-0.2, -0.15) is 0 Å². The predicted molar refractivity (Wildman–Crippen MR) is 56.9 cm³/mol. The number of hydrogen-bond acceptors (Lipinski definition) is 3. The molecule has 2 N–H and O–H groups in total. The molecule has 2 heterocycles. The third-order valence-electron chi connectivity index (χ3n) is 1.88. The van der Waals surface area contributed by atoms with Crippen LogP contribution < -0.4 is 5.73 Å². The summed E-state index contributed by atoms with van der Waals surface area (Å²) in [6, 6.07) is 3.46. The van der Waals surface area contributed by atoms with Crippen molar-refractivity contribution in [2.45, 2.75) is 0 Å². The van der Waals surface area contributed by atoms with Crippen molar-refractivity contribution < 1.29 is 0 Å². The van der Waals surface area contributed by atoms with Crippen LogP contribution in [0.4, 0.5) is 5.82 Å². The molecular formula is C10H6ClN3. The van der Waals surface area contributed by atoms with Crippen LogP contribution >= 0.6 is 11.6 Å². The number of pyridine rings is 2. The van der Waals surface area contributed by atoms with Gasteiger partial charge in [0, 0.05) is 11.6 Å². The summed E-state index contributed by atoms with van der Waals surface area (Å²) in [4.78, 5) is 8.00. The minimum absolute atomic E-state index is 0.335. The van der Waals surface area contributed by atoms with Crippen LogP contribution in [0.15, 0.2) is 18.3 Å². The lowest BCUT2D eigenvalue weighted by Crippen LogP contribution is -1.95. The minimum atomic E-state index is 0.335. The van der Waals surface area contributed by atoms with Gasteiger partial charge >= 0.3 is 0 Å². The van der Waals surface area contributed by atoms with Gasteiger partial charge in [-0.1, -0.05) is 17.5 Å². The van der Waals surface area contributed by atoms with E-state index in [1.807, 2.05) is 0 Å². The summed E-state index contributed by atoms with van der Waals surface area (Å²) < 4.78 is 0. The summed E-state index contributed by atoms with van der Waals surface area (Å²) >= 11 is 5.74. The monoisotopic (exact) mass is 203 g/mol. The van der Waals surface area contributed by atoms with E-state index in [1.54, 1.807) is 18.3 Å². The maximum atomic E-state index is 5.74. The Morgan fingerprint density at radius 2 is 2.21 bits per heavy atom. The lowest BCUT2D eigenvalue weighted by atomic mass is 10.1. The summed E-state index contributed by atoms with van der Waals surface area (Å²) in [6.07, 6.45) is 6.86. The SMILES string of the molecule is C#Cc1cnc(N)c2nc(Cl)ccc12. The Bertz CT molecular complexity index is 543. The van der Waals surface area contributed by atoms with Crippen molar-refractivity contribution >= 4 is 28.3 Å². The molecule has 0 fully saturated rings. The Labute approximate surface area is 85.9 Å². The van der Waals surface area contributed by atoms with E-state index < -0.39 is 0 Å². The standard InChI is InChI=1S/C10H6ClN3/c1-2-6-5-13-10(12)9-7(6)3-4-8(11)14-9/h1,3-5H,(H2,12,13). The topological polar surface area (TPSA) is 51.8 Å². The predicted octanol–water partition coefficient (Wildman–Crippen LogP) is 1.85. The number of nitrogens with zero attached hydrogens (tertiary/aromatic N) is 2. The molecule has 0 saturated carbocycles. The average Bonchev–Trinajstić information content (AvgIpc) is 2.19. The summed E-state index contributed by atoms with van der Waals surface area (Å²) in [5.74, 6) is 2.85. The lowest BCUT2D eigenvalue weighted by Gasteiger charge is -2.02. The molecular weight excluding hydrogens is 198 g/mol. The molecule has 2 aromatic heterocycles. The number of aromatic nitrogens is 2. The second-order valence-electron chi connectivity index (χ2n) is 2.73. The molecule has 2 aromatic rings. The molecule has 0 aliphatic rings. The highest BCUT2D eigenvalue weighted by molar-refractivity contribution is 6.29. The molecule has 0 unspecified atom stereocenters. The van der Waals surface area contributed by atoms with Crippen LogP contribution in [0.1, 0.15) is 5.56 Å². The van der Waals surface area contributed by atoms with E-state index in [1.165, 1.54) is 0 Å². The third-order valence-corrected chi connectivity index (χ3v) is 2.09. The van der Waals surface area contributed by atoms with E-state index in [0.717, 1.165) is 5.39 Å². The summed E-state index contributed by atoms with van der Waals surface area (Å²) in [6.45, 7) is 0. The van der Waals surface area contributed by atoms with Crippen LogP contribution in [0, 0.1) is 12.3 Å². The van der Waals surface area contributed by atoms with Crippen LogP contribution in [0.5, 0.6) is 0 Å². The van der Waals surface area contributed by atoms with Crippen molar-refractivity contribution in [1.82, 2.24) is 9.97 Å². The van der Waals surface area contributed by atoms with Gasteiger partial charge in [0.05, 0.1) is 5.56 Å². The van der Waals surface area contributed by atoms with Crippen LogP contribution in [-0.4, -0.2) is 9.97 Å². The Morgan fingerprint density at radius 3 is 2.93 bits per heavy atom. The number of nitrogens with two attached hydrogens (primary N) is 1. The van der Waals surface area contributed by atoms with Gasteiger partial charge in [-0.3, -0.25) is 0 Å². The molecule has 3 nitrogen and oxygen atoms in total. The first kappa shape index (κ1) is 8.79. The zero-order valence-corrected chi connectivity index (χ0v) is 7.92. The minimum Gasteiger partial charge on any atom is -0.382 e. The molecule has 0 radical (unpaired) electrons. The van der Waals surface area contributed by atoms with Crippen LogP contribution in [0.2, 0.25) is 5.15 Å². The molecule has 0 aliphatic heterocycles. The van der Waals surface area contributed by atoms with Gasteiger partial charge in [0.25, 0.3) is 0 Å². The zero-order valence-electron chi connectivity index (χ0n) is 7.16. The van der Waals surface area contributed by atoms with E-state index in [9.17, 15) is 0 Å². The highest BCUT2D eigenvalue weighted by Gasteiger charge is 2.05. The molecule has 0 saturated heterocycles. The van der Waals surface area contributed by atoms with E-state index in [4.69, 9.17) is 23.8 Å². The van der Waals surface area contributed by atoms with Crippen molar-refractivity contribution in [3.8, 4) is 12.3 Å². The van der Waals surface area contributed by atoms with Crippen molar-refractivity contribution in [2.75, 3.05) is 5.73 Å². The summed E-state index contributed by atoms with van der Waals surface area (Å²) in [7, 11) is 0. The Balaban J connectivity index is 2.93. The van der Waals surface area contributed by atoms with Gasteiger partial charge < -0.3 is 5.73 Å². The summed E-state index contributed by atoms with van der Waals surface area (Å²) in [5, 5.41) is 1.17. The first-order chi connectivity index (χ1) is 6.72. The fraction of sp³-hybridized carbons (Fsp3) is 0. The number of hydrogen-bond donors (Lipinski definition) is 1. The molecule has 68 valence electrons. The van der Waals surface area contributed by atoms with Gasteiger partial charge in [0.2, 0.25) is 0 Å². The van der Waals surface area contributed by atoms with Gasteiger partial charge in [-0.25, -0.2) is 9.97 Å². The maximum Gasteiger partial charge on any atom is 0.150 e. The third kappa shape index (κ3) is 1.26. The molecule has 0 atom stereocenters. The fourth-order valence-corrected chi connectivity index (χ4v) is 1.38. The number of fused-ring (bicyclic) bond motifs is 1. The molecule has 0 amide bonds. The molecule has 2 rings (SSSR count). The maximum absolute atomic E-state index is 5.74. The Morgan fingerprint density at radius 1 is 1.43 bits per heavy atom. The first-order valence-corrected chi connectivity index (χ1v) is 4.27. The second-order valence-corrected chi connectivity index (χ2v) is 3.12. The van der Waals surface area contributed by atoms with Crippen molar-refractivity contribution in [3.63, 3.8) is 0 Å². The molecule has 0 aromatic carbocycles. The molecule has 0 bridgehead atoms. The van der Waals surface area contributed by atoms with Crippen molar-refractivity contribution in [3.05, 3.63) is 29.0 Å². The number of anilines is 1. The summed E-state index contributed by atoms with van der Waals surface area (Å²) in [5.41, 5.74) is 6.86. The van der Waals surface area contributed by atoms with Gasteiger partial charge in [-0.15, -0.1) is 6.42 Å². The van der Waals surface area contributed by atoms with E-state index in [0.29, 0.717) is 22.1 Å². The fourth-order valence-electron chi connectivity index (χ4n) is 1.23. The molecule has 0 aliphatic carbocycles. The average molecular weight is 204 g/mol. The van der Waals surface area contributed by atoms with Crippen molar-refractivity contribution in [2.24, 2.45) is 0 Å². The van der Waals surface area contributed by atoms with E-state index >= 15 is 0 Å². The largest absolute Gasteiger partial charge is 0.382 e. The molecule has 14 heavy (non-hydrogen) atoms. The highest BCUT2D eigenvalue weighted by atomic mass is 35.5. The number of terminal acetylenes is 1. The van der Waals surface area contributed by atoms with Gasteiger partial charge in [-0.05, 0) is 12.1 Å². The number of nitrogen functional groups attached to an aromatic ring is 1. The molecule has 0 spiro atoms. The van der Waals surface area contributed by atoms with Crippen LogP contribution in [-0.2, 0) is 0 Å². The molecule has 4 heteroatoms. The number of rotatable bonds is 0. The first-order valence-electron chi connectivity index (χ1n) is 3.89. The highest BCUT2D eigenvalue weighted by Crippen LogP contribution is 2.21. The Kier molecular flexibility index (Phi) is 1.99. The number of halogens is 1. The quantitative estimate of drug-likeness (QED) is 0.525.